The van der Waals surface area contributed by atoms with Crippen molar-refractivity contribution >= 4 is 47.8 Å². The molecule has 10 nitrogen and oxygen atoms in total. The summed E-state index contributed by atoms with van der Waals surface area (Å²) in [6.45, 7) is 5.92. The van der Waals surface area contributed by atoms with Gasteiger partial charge in [0.2, 0.25) is 5.91 Å². The second-order valence-corrected chi connectivity index (χ2v) is 10.1. The van der Waals surface area contributed by atoms with Crippen molar-refractivity contribution in [3.05, 3.63) is 72.3 Å². The Bertz CT molecular complexity index is 1510. The van der Waals surface area contributed by atoms with E-state index in [4.69, 9.17) is 0 Å². The molecule has 2 amide bonds. The molecule has 4 aromatic rings. The molecule has 0 aliphatic carbocycles. The Kier molecular flexibility index (Phi) is 9.72. The van der Waals surface area contributed by atoms with E-state index < -0.39 is 0 Å². The molecule has 0 spiro atoms. The molecule has 41 heavy (non-hydrogen) atoms. The Morgan fingerprint density at radius 3 is 2.54 bits per heavy atom. The smallest absolute Gasteiger partial charge is 0.251 e. The predicted molar refractivity (Wildman–Crippen MR) is 167 cm³/mol. The van der Waals surface area contributed by atoms with Crippen molar-refractivity contribution < 1.29 is 9.59 Å². The number of fused-ring (bicyclic) bond motifs is 1. The van der Waals surface area contributed by atoms with Crippen LogP contribution in [-0.2, 0) is 4.79 Å². The minimum atomic E-state index is -0.128. The number of benzene rings is 1. The molecular weight excluding hydrogens is 536 g/mol. The summed E-state index contributed by atoms with van der Waals surface area (Å²) in [5, 5.41) is 10.4. The lowest BCUT2D eigenvalue weighted by molar-refractivity contribution is -0.129. The van der Waals surface area contributed by atoms with Gasteiger partial charge in [-0.05, 0) is 36.6 Å². The zero-order valence-corrected chi connectivity index (χ0v) is 24.5. The van der Waals surface area contributed by atoms with E-state index in [1.165, 1.54) is 0 Å². The first kappa shape index (κ1) is 29.7. The number of nitrogens with zero attached hydrogens (tertiary/aromatic N) is 5. The van der Waals surface area contributed by atoms with E-state index >= 15 is 0 Å². The minimum absolute atomic E-state index is 0. The van der Waals surface area contributed by atoms with Crippen molar-refractivity contribution in [1.29, 1.82) is 0 Å². The zero-order chi connectivity index (χ0) is 28.1. The van der Waals surface area contributed by atoms with Gasteiger partial charge in [0.15, 0.2) is 0 Å². The van der Waals surface area contributed by atoms with Crippen LogP contribution in [0.4, 0.5) is 11.6 Å². The number of hydrogen-bond donors (Lipinski definition) is 3. The first-order chi connectivity index (χ1) is 19.4. The molecule has 3 aromatic heterocycles. The lowest BCUT2D eigenvalue weighted by atomic mass is 9.96. The van der Waals surface area contributed by atoms with Gasteiger partial charge in [-0.15, -0.1) is 0 Å². The monoisotopic (exact) mass is 572 g/mol. The maximum atomic E-state index is 12.3. The summed E-state index contributed by atoms with van der Waals surface area (Å²) in [5.74, 6) is 1.65. The van der Waals surface area contributed by atoms with Crippen LogP contribution in [0.15, 0.2) is 61.2 Å². The van der Waals surface area contributed by atoms with Gasteiger partial charge in [0.05, 0.1) is 16.8 Å². The van der Waals surface area contributed by atoms with Crippen LogP contribution in [0.2, 0.25) is 0 Å². The summed E-state index contributed by atoms with van der Waals surface area (Å²) < 4.78 is 0. The van der Waals surface area contributed by atoms with Crippen LogP contribution in [0.5, 0.6) is 0 Å². The number of likely N-dealkylation sites (tertiary alicyclic amines) is 1. The molecule has 1 aliphatic rings. The number of piperidine rings is 1. The quantitative estimate of drug-likeness (QED) is 0.287. The fourth-order valence-electron chi connectivity index (χ4n) is 5.09. The molecular formula is C30H36N8O2S. The highest BCUT2D eigenvalue weighted by Gasteiger charge is 2.21. The lowest BCUT2D eigenvalue weighted by Gasteiger charge is -2.31. The van der Waals surface area contributed by atoms with Crippen LogP contribution in [0, 0.1) is 0 Å². The van der Waals surface area contributed by atoms with Gasteiger partial charge in [-0.25, -0.2) is 15.0 Å². The highest BCUT2D eigenvalue weighted by atomic mass is 32.1. The number of rotatable bonds is 8. The number of hydrogen-bond acceptors (Lipinski definition) is 8. The first-order valence-electron chi connectivity index (χ1n) is 13.6. The molecule has 5 rings (SSSR count). The number of anilines is 2. The Hall–Kier alpha value is -4.25. The number of carbonyl (C=O) groups excluding carboxylic acids is 2. The summed E-state index contributed by atoms with van der Waals surface area (Å²) in [4.78, 5) is 43.8. The molecule has 4 heterocycles. The second kappa shape index (κ2) is 13.4. The average molecular weight is 573 g/mol. The van der Waals surface area contributed by atoms with Crippen molar-refractivity contribution in [3.8, 4) is 11.3 Å². The van der Waals surface area contributed by atoms with Gasteiger partial charge in [-0.1, -0.05) is 25.1 Å². The van der Waals surface area contributed by atoms with Crippen molar-refractivity contribution in [1.82, 2.24) is 30.2 Å². The molecule has 1 saturated heterocycles. The number of amides is 2. The molecule has 0 bridgehead atoms. The lowest BCUT2D eigenvalue weighted by Crippen LogP contribution is -2.41. The van der Waals surface area contributed by atoms with Crippen LogP contribution < -0.4 is 16.0 Å². The van der Waals surface area contributed by atoms with Gasteiger partial charge in [-0.2, -0.15) is 13.5 Å². The normalized spacial score (nSPS) is 14.2. The molecule has 11 heteroatoms. The molecule has 0 radical (unpaired) electrons. The van der Waals surface area contributed by atoms with E-state index in [0.29, 0.717) is 18.2 Å². The Labute approximate surface area is 246 Å². The number of nitrogens with one attached hydrogen (secondary N) is 3. The van der Waals surface area contributed by atoms with Crippen LogP contribution in [0.25, 0.3) is 22.2 Å². The summed E-state index contributed by atoms with van der Waals surface area (Å²) in [5.41, 5.74) is 4.18. The summed E-state index contributed by atoms with van der Waals surface area (Å²) >= 11 is 0. The number of carbonyl (C=O) groups is 2. The fourth-order valence-corrected chi connectivity index (χ4v) is 5.09. The van der Waals surface area contributed by atoms with Gasteiger partial charge in [0.1, 0.15) is 18.0 Å². The van der Waals surface area contributed by atoms with E-state index in [-0.39, 0.29) is 31.2 Å². The summed E-state index contributed by atoms with van der Waals surface area (Å²) in [7, 11) is 1.63. The van der Waals surface area contributed by atoms with Crippen molar-refractivity contribution in [2.75, 3.05) is 37.3 Å². The third-order valence-corrected chi connectivity index (χ3v) is 7.41. The Morgan fingerprint density at radius 2 is 1.83 bits per heavy atom. The molecule has 0 unspecified atom stereocenters. The van der Waals surface area contributed by atoms with Gasteiger partial charge >= 0.3 is 0 Å². The van der Waals surface area contributed by atoms with Gasteiger partial charge in [-0.3, -0.25) is 14.6 Å². The van der Waals surface area contributed by atoms with E-state index in [1.807, 2.05) is 41.4 Å². The van der Waals surface area contributed by atoms with Crippen molar-refractivity contribution in [2.24, 2.45) is 0 Å². The number of para-hydroxylation sites is 1. The van der Waals surface area contributed by atoms with Crippen LogP contribution in [0.1, 0.15) is 48.5 Å². The third-order valence-electron chi connectivity index (χ3n) is 7.41. The molecule has 1 fully saturated rings. The maximum absolute atomic E-state index is 12.3. The second-order valence-electron chi connectivity index (χ2n) is 10.1. The highest BCUT2D eigenvalue weighted by molar-refractivity contribution is 7.59. The van der Waals surface area contributed by atoms with Gasteiger partial charge < -0.3 is 20.9 Å². The molecule has 1 aromatic carbocycles. The predicted octanol–water partition coefficient (Wildman–Crippen LogP) is 4.20. The van der Waals surface area contributed by atoms with Crippen LogP contribution in [-0.4, -0.2) is 69.4 Å². The Balaban J connectivity index is 0.00000387. The first-order valence-corrected chi connectivity index (χ1v) is 13.6. The van der Waals surface area contributed by atoms with E-state index in [9.17, 15) is 9.59 Å². The minimum Gasteiger partial charge on any atom is -0.369 e. The number of pyridine rings is 2. The average Bonchev–Trinajstić information content (AvgIpc) is 2.99. The summed E-state index contributed by atoms with van der Waals surface area (Å²) in [6.07, 6.45) is 6.86. The zero-order valence-electron chi connectivity index (χ0n) is 23.5. The largest absolute Gasteiger partial charge is 0.369 e. The van der Waals surface area contributed by atoms with Crippen molar-refractivity contribution in [3.63, 3.8) is 0 Å². The molecule has 1 atom stereocenters. The summed E-state index contributed by atoms with van der Waals surface area (Å²) in [6, 6.07) is 13.9. The fraction of sp³-hybridized carbons (Fsp3) is 0.333. The van der Waals surface area contributed by atoms with E-state index in [2.05, 4.69) is 48.9 Å². The maximum Gasteiger partial charge on any atom is 0.251 e. The molecule has 214 valence electrons. The van der Waals surface area contributed by atoms with Crippen LogP contribution >= 0.6 is 13.5 Å². The SMILES string of the molecule is CNC(=O)c1ccnc2c([C@H](C)CNc3cc(-c4ccc(NC5CCN(C(C)=O)CC5)nc4)ncn3)cccc12.S. The van der Waals surface area contributed by atoms with E-state index in [1.54, 1.807) is 32.6 Å². The Morgan fingerprint density at radius 1 is 1.02 bits per heavy atom. The number of aromatic nitrogens is 4. The topological polar surface area (TPSA) is 125 Å². The molecule has 0 saturated carbocycles. The van der Waals surface area contributed by atoms with Gasteiger partial charge in [0.25, 0.3) is 5.91 Å². The third kappa shape index (κ3) is 6.91. The van der Waals surface area contributed by atoms with Crippen molar-refractivity contribution in [2.45, 2.75) is 38.6 Å². The molecule has 1 aliphatic heterocycles. The van der Waals surface area contributed by atoms with Gasteiger partial charge in [0, 0.05) is 75.0 Å². The highest BCUT2D eigenvalue weighted by Crippen LogP contribution is 2.27. The standard InChI is InChI=1S/C30H34N8O2.H2S/c1-19(23-5-4-6-24-25(30(40)31-3)9-12-32-29(23)24)16-33-28-15-26(35-18-36-28)21-7-8-27(34-17-21)37-22-10-13-38(14-11-22)20(2)39;/h4-9,12,15,17-19,22H,10-11,13-14,16H2,1-3H3,(H,31,40)(H,34,37)(H,33,35,36);1H2/t19-;/m1./s1. The van der Waals surface area contributed by atoms with Crippen LogP contribution in [0.3, 0.4) is 0 Å². The van der Waals surface area contributed by atoms with E-state index in [0.717, 1.165) is 65.3 Å². The molecule has 3 N–H and O–H groups in total.